The Balaban J connectivity index is 1.74. The standard InChI is InChI=1S/C15H14N4O2/c1-21-13-8-10(6-7-16-13)9-17-15(20)14-11-4-2-3-5-12(11)18-19-14/h2-8H,9H2,1H3,(H,17,20)(H,18,19). The first-order valence-corrected chi connectivity index (χ1v) is 6.48. The van der Waals surface area contributed by atoms with E-state index in [2.05, 4.69) is 20.5 Å². The molecule has 3 aromatic rings. The average molecular weight is 282 g/mol. The molecular formula is C15H14N4O2. The minimum Gasteiger partial charge on any atom is -0.481 e. The van der Waals surface area contributed by atoms with E-state index >= 15 is 0 Å². The van der Waals surface area contributed by atoms with Gasteiger partial charge in [-0.15, -0.1) is 0 Å². The van der Waals surface area contributed by atoms with Crippen molar-refractivity contribution in [2.45, 2.75) is 6.54 Å². The zero-order valence-electron chi connectivity index (χ0n) is 11.5. The third-order valence-corrected chi connectivity index (χ3v) is 3.15. The van der Waals surface area contributed by atoms with Crippen molar-refractivity contribution in [2.75, 3.05) is 7.11 Å². The third kappa shape index (κ3) is 2.69. The summed E-state index contributed by atoms with van der Waals surface area (Å²) in [5, 5.41) is 10.6. The number of amides is 1. The maximum Gasteiger partial charge on any atom is 0.272 e. The van der Waals surface area contributed by atoms with Crippen LogP contribution in [0.15, 0.2) is 42.6 Å². The number of pyridine rings is 1. The maximum absolute atomic E-state index is 12.2. The number of rotatable bonds is 4. The van der Waals surface area contributed by atoms with Crippen molar-refractivity contribution < 1.29 is 9.53 Å². The summed E-state index contributed by atoms with van der Waals surface area (Å²) in [6, 6.07) is 11.1. The minimum atomic E-state index is -0.219. The van der Waals surface area contributed by atoms with Gasteiger partial charge in [0.15, 0.2) is 5.69 Å². The molecule has 0 aliphatic heterocycles. The van der Waals surface area contributed by atoms with E-state index < -0.39 is 0 Å². The number of carbonyl (C=O) groups is 1. The van der Waals surface area contributed by atoms with Gasteiger partial charge in [0.05, 0.1) is 12.6 Å². The van der Waals surface area contributed by atoms with Crippen LogP contribution in [0.2, 0.25) is 0 Å². The number of nitrogens with one attached hydrogen (secondary N) is 2. The van der Waals surface area contributed by atoms with Crippen LogP contribution in [0.5, 0.6) is 5.88 Å². The Bertz CT molecular complexity index is 782. The molecule has 106 valence electrons. The van der Waals surface area contributed by atoms with E-state index in [1.807, 2.05) is 30.3 Å². The summed E-state index contributed by atoms with van der Waals surface area (Å²) < 4.78 is 5.05. The van der Waals surface area contributed by atoms with E-state index in [1.54, 1.807) is 19.4 Å². The van der Waals surface area contributed by atoms with E-state index in [1.165, 1.54) is 0 Å². The summed E-state index contributed by atoms with van der Waals surface area (Å²) >= 11 is 0. The molecule has 6 nitrogen and oxygen atoms in total. The van der Waals surface area contributed by atoms with Crippen molar-refractivity contribution in [1.82, 2.24) is 20.5 Å². The smallest absolute Gasteiger partial charge is 0.272 e. The van der Waals surface area contributed by atoms with Gasteiger partial charge in [0.2, 0.25) is 5.88 Å². The number of fused-ring (bicyclic) bond motifs is 1. The second-order valence-electron chi connectivity index (χ2n) is 4.51. The van der Waals surface area contributed by atoms with Gasteiger partial charge >= 0.3 is 0 Å². The quantitative estimate of drug-likeness (QED) is 0.766. The van der Waals surface area contributed by atoms with E-state index in [4.69, 9.17) is 4.74 Å². The molecule has 2 aromatic heterocycles. The van der Waals surface area contributed by atoms with Crippen LogP contribution in [0.1, 0.15) is 16.1 Å². The second-order valence-corrected chi connectivity index (χ2v) is 4.51. The molecule has 0 atom stereocenters. The van der Waals surface area contributed by atoms with Crippen LogP contribution in [-0.4, -0.2) is 28.2 Å². The number of H-pyrrole nitrogens is 1. The molecule has 0 unspecified atom stereocenters. The molecule has 2 N–H and O–H groups in total. The van der Waals surface area contributed by atoms with Crippen LogP contribution in [0.3, 0.4) is 0 Å². The molecular weight excluding hydrogens is 268 g/mol. The van der Waals surface area contributed by atoms with Gasteiger partial charge in [-0.2, -0.15) is 5.10 Å². The second kappa shape index (κ2) is 5.62. The first-order chi connectivity index (χ1) is 10.3. The summed E-state index contributed by atoms with van der Waals surface area (Å²) in [6.07, 6.45) is 1.64. The number of carbonyl (C=O) groups excluding carboxylic acids is 1. The van der Waals surface area contributed by atoms with Gasteiger partial charge in [-0.25, -0.2) is 4.98 Å². The van der Waals surface area contributed by atoms with E-state index in [0.717, 1.165) is 16.5 Å². The molecule has 2 heterocycles. The highest BCUT2D eigenvalue weighted by Gasteiger charge is 2.13. The Hall–Kier alpha value is -2.89. The van der Waals surface area contributed by atoms with Gasteiger partial charge < -0.3 is 10.1 Å². The lowest BCUT2D eigenvalue weighted by Crippen LogP contribution is -2.23. The lowest BCUT2D eigenvalue weighted by Gasteiger charge is -2.05. The number of ether oxygens (including phenoxy) is 1. The van der Waals surface area contributed by atoms with Crippen LogP contribution < -0.4 is 10.1 Å². The fraction of sp³-hybridized carbons (Fsp3) is 0.133. The predicted octanol–water partition coefficient (Wildman–Crippen LogP) is 1.90. The first-order valence-electron chi connectivity index (χ1n) is 6.48. The normalized spacial score (nSPS) is 10.5. The molecule has 21 heavy (non-hydrogen) atoms. The zero-order valence-corrected chi connectivity index (χ0v) is 11.5. The van der Waals surface area contributed by atoms with Crippen molar-refractivity contribution in [2.24, 2.45) is 0 Å². The monoisotopic (exact) mass is 282 g/mol. The lowest BCUT2D eigenvalue weighted by molar-refractivity contribution is 0.0947. The number of methoxy groups -OCH3 is 1. The Labute approximate surface area is 121 Å². The molecule has 0 radical (unpaired) electrons. The number of benzene rings is 1. The Morgan fingerprint density at radius 1 is 1.33 bits per heavy atom. The number of nitrogens with zero attached hydrogens (tertiary/aromatic N) is 2. The number of aromatic amines is 1. The molecule has 0 spiro atoms. The van der Waals surface area contributed by atoms with Crippen LogP contribution in [0.25, 0.3) is 10.9 Å². The lowest BCUT2D eigenvalue weighted by atomic mass is 10.2. The molecule has 0 aliphatic carbocycles. The van der Waals surface area contributed by atoms with Crippen LogP contribution in [0, 0.1) is 0 Å². The van der Waals surface area contributed by atoms with Gasteiger partial charge in [-0.1, -0.05) is 18.2 Å². The number of para-hydroxylation sites is 1. The van der Waals surface area contributed by atoms with Gasteiger partial charge in [-0.05, 0) is 17.7 Å². The summed E-state index contributed by atoms with van der Waals surface area (Å²) in [7, 11) is 1.56. The summed E-state index contributed by atoms with van der Waals surface area (Å²) in [4.78, 5) is 16.2. The van der Waals surface area contributed by atoms with Crippen molar-refractivity contribution in [3.8, 4) is 5.88 Å². The topological polar surface area (TPSA) is 79.9 Å². The number of hydrogen-bond acceptors (Lipinski definition) is 4. The predicted molar refractivity (Wildman–Crippen MR) is 78.1 cm³/mol. The van der Waals surface area contributed by atoms with Crippen molar-refractivity contribution in [3.05, 3.63) is 53.9 Å². The summed E-state index contributed by atoms with van der Waals surface area (Å²) in [6.45, 7) is 0.388. The van der Waals surface area contributed by atoms with Crippen molar-refractivity contribution >= 4 is 16.8 Å². The average Bonchev–Trinajstić information content (AvgIpc) is 2.97. The van der Waals surface area contributed by atoms with Gasteiger partial charge in [0, 0.05) is 24.2 Å². The van der Waals surface area contributed by atoms with Crippen LogP contribution in [-0.2, 0) is 6.54 Å². The van der Waals surface area contributed by atoms with Gasteiger partial charge in [0.25, 0.3) is 5.91 Å². The van der Waals surface area contributed by atoms with E-state index in [9.17, 15) is 4.79 Å². The zero-order chi connectivity index (χ0) is 14.7. The highest BCUT2D eigenvalue weighted by molar-refractivity contribution is 6.04. The molecule has 1 aromatic carbocycles. The minimum absolute atomic E-state index is 0.219. The molecule has 0 saturated carbocycles. The fourth-order valence-corrected chi connectivity index (χ4v) is 2.07. The van der Waals surface area contributed by atoms with E-state index in [0.29, 0.717) is 18.1 Å². The summed E-state index contributed by atoms with van der Waals surface area (Å²) in [5.74, 6) is 0.301. The molecule has 0 saturated heterocycles. The highest BCUT2D eigenvalue weighted by Crippen LogP contribution is 2.15. The maximum atomic E-state index is 12.2. The van der Waals surface area contributed by atoms with Crippen LogP contribution in [0.4, 0.5) is 0 Å². The SMILES string of the molecule is COc1cc(CNC(=O)c2n[nH]c3ccccc23)ccn1. The largest absolute Gasteiger partial charge is 0.481 e. The van der Waals surface area contributed by atoms with Gasteiger partial charge in [-0.3, -0.25) is 9.89 Å². The molecule has 0 fully saturated rings. The Morgan fingerprint density at radius 2 is 2.19 bits per heavy atom. The number of hydrogen-bond donors (Lipinski definition) is 2. The summed E-state index contributed by atoms with van der Waals surface area (Å²) in [5.41, 5.74) is 2.15. The fourth-order valence-electron chi connectivity index (χ4n) is 2.07. The molecule has 6 heteroatoms. The molecule has 3 rings (SSSR count). The highest BCUT2D eigenvalue weighted by atomic mass is 16.5. The molecule has 0 aliphatic rings. The van der Waals surface area contributed by atoms with Crippen molar-refractivity contribution in [1.29, 1.82) is 0 Å². The number of aromatic nitrogens is 3. The van der Waals surface area contributed by atoms with Crippen LogP contribution >= 0.6 is 0 Å². The Kier molecular flexibility index (Phi) is 3.51. The van der Waals surface area contributed by atoms with Crippen molar-refractivity contribution in [3.63, 3.8) is 0 Å². The third-order valence-electron chi connectivity index (χ3n) is 3.15. The van der Waals surface area contributed by atoms with Gasteiger partial charge in [0.1, 0.15) is 0 Å². The molecule has 1 amide bonds. The Morgan fingerprint density at radius 3 is 3.05 bits per heavy atom. The first kappa shape index (κ1) is 13.1. The van der Waals surface area contributed by atoms with E-state index in [-0.39, 0.29) is 5.91 Å². The molecule has 0 bridgehead atoms.